The summed E-state index contributed by atoms with van der Waals surface area (Å²) in [7, 11) is 1.87. The molecule has 3 aliphatic heterocycles. The number of carbonyl (C=O) groups excluding carboxylic acids is 2. The van der Waals surface area contributed by atoms with E-state index >= 15 is 0 Å². The molecule has 1 aromatic heterocycles. The Morgan fingerprint density at radius 1 is 1.32 bits per heavy atom. The lowest BCUT2D eigenvalue weighted by Gasteiger charge is -2.47. The molecule has 4 heterocycles. The van der Waals surface area contributed by atoms with Crippen LogP contribution in [-0.4, -0.2) is 80.0 Å². The fourth-order valence-electron chi connectivity index (χ4n) is 5.32. The van der Waals surface area contributed by atoms with Gasteiger partial charge in [-0.05, 0) is 30.7 Å². The summed E-state index contributed by atoms with van der Waals surface area (Å²) >= 11 is 0. The number of piperidine rings is 2. The van der Waals surface area contributed by atoms with Gasteiger partial charge in [-0.3, -0.25) is 25.2 Å². The Morgan fingerprint density at radius 3 is 2.68 bits per heavy atom. The molecule has 2 atom stereocenters. The minimum atomic E-state index is -1.30. The minimum Gasteiger partial charge on any atom is -0.370 e. The first-order chi connectivity index (χ1) is 16.3. The summed E-state index contributed by atoms with van der Waals surface area (Å²) in [6.45, 7) is 2.47. The number of carbonyl (C=O) groups is 2. The third-order valence-electron chi connectivity index (χ3n) is 7.36. The van der Waals surface area contributed by atoms with Crippen LogP contribution in [0.3, 0.4) is 0 Å². The highest BCUT2D eigenvalue weighted by Crippen LogP contribution is 2.41. The van der Waals surface area contributed by atoms with E-state index in [4.69, 9.17) is 5.73 Å². The molecule has 2 unspecified atom stereocenters. The van der Waals surface area contributed by atoms with Crippen LogP contribution in [0.4, 0.5) is 15.8 Å². The molecule has 1 aromatic rings. The molecular formula is C22H33FN8O3. The lowest BCUT2D eigenvalue weighted by molar-refractivity contribution is -0.136. The third kappa shape index (κ3) is 5.18. The van der Waals surface area contributed by atoms with Gasteiger partial charge in [-0.2, -0.15) is 0 Å². The van der Waals surface area contributed by atoms with Gasteiger partial charge < -0.3 is 20.9 Å². The Hall–Kier alpha value is -2.70. The van der Waals surface area contributed by atoms with E-state index in [0.717, 1.165) is 44.6 Å². The molecule has 2 amide bonds. The molecule has 3 fully saturated rings. The summed E-state index contributed by atoms with van der Waals surface area (Å²) in [4.78, 5) is 44.5. The molecule has 11 nitrogen and oxygen atoms in total. The van der Waals surface area contributed by atoms with Crippen molar-refractivity contribution >= 4 is 23.2 Å². The first-order valence-corrected chi connectivity index (χ1v) is 11.7. The van der Waals surface area contributed by atoms with Crippen LogP contribution >= 0.6 is 0 Å². The van der Waals surface area contributed by atoms with Crippen molar-refractivity contribution in [2.75, 3.05) is 50.0 Å². The molecule has 12 heteroatoms. The van der Waals surface area contributed by atoms with Crippen LogP contribution in [0, 0.1) is 16.2 Å². The first kappa shape index (κ1) is 24.4. The quantitative estimate of drug-likeness (QED) is 0.431. The number of nitrogens with two attached hydrogens (primary N) is 1. The van der Waals surface area contributed by atoms with Crippen LogP contribution < -0.4 is 26.6 Å². The highest BCUT2D eigenvalue weighted by molar-refractivity contribution is 5.96. The standard InChI is InChI=1S/C22H33FN8O3/c1-30-13-22(4-2-17(30)32)5-8-31(9-6-22)16-3-7-25-12-15(16)28-21(33)18(19(24)29-34)20-26-10-14(23)11-27-20/h3,7,12,14,18-20,26-27H,2,4-6,8-11,13,24H2,1H3,(H,28,33). The number of hydrogen-bond acceptors (Lipinski definition) is 9. The first-order valence-electron chi connectivity index (χ1n) is 11.7. The van der Waals surface area contributed by atoms with E-state index in [2.05, 4.69) is 31.0 Å². The highest BCUT2D eigenvalue weighted by Gasteiger charge is 2.41. The van der Waals surface area contributed by atoms with Crippen LogP contribution in [0.15, 0.2) is 23.6 Å². The second kappa shape index (κ2) is 10.3. The summed E-state index contributed by atoms with van der Waals surface area (Å²) in [6, 6.07) is 1.85. The fraction of sp³-hybridized carbons (Fsp3) is 0.682. The van der Waals surface area contributed by atoms with Crippen LogP contribution in [0.5, 0.6) is 0 Å². The van der Waals surface area contributed by atoms with Gasteiger partial charge in [0.2, 0.25) is 11.8 Å². The molecule has 186 valence electrons. The number of anilines is 2. The number of pyridine rings is 1. The Labute approximate surface area is 198 Å². The number of rotatable bonds is 6. The van der Waals surface area contributed by atoms with Crippen LogP contribution in [0.1, 0.15) is 25.7 Å². The monoisotopic (exact) mass is 476 g/mol. The van der Waals surface area contributed by atoms with E-state index in [1.165, 1.54) is 0 Å². The van der Waals surface area contributed by atoms with E-state index in [1.54, 1.807) is 12.4 Å². The van der Waals surface area contributed by atoms with E-state index in [9.17, 15) is 18.9 Å². The molecular weight excluding hydrogens is 443 g/mol. The highest BCUT2D eigenvalue weighted by atomic mass is 19.1. The summed E-state index contributed by atoms with van der Waals surface area (Å²) in [5.41, 5.74) is 7.33. The summed E-state index contributed by atoms with van der Waals surface area (Å²) in [5, 5.41) is 11.5. The molecule has 0 aliphatic carbocycles. The maximum Gasteiger partial charge on any atom is 0.234 e. The maximum atomic E-state index is 13.5. The van der Waals surface area contributed by atoms with Gasteiger partial charge in [-0.1, -0.05) is 5.18 Å². The zero-order valence-electron chi connectivity index (χ0n) is 19.4. The Morgan fingerprint density at radius 2 is 2.03 bits per heavy atom. The summed E-state index contributed by atoms with van der Waals surface area (Å²) in [5.74, 6) is -1.32. The molecule has 1 spiro atoms. The number of likely N-dealkylation sites (tertiary alicyclic amines) is 1. The predicted octanol–water partition coefficient (Wildman–Crippen LogP) is 0.383. The molecule has 34 heavy (non-hydrogen) atoms. The topological polar surface area (TPSA) is 145 Å². The van der Waals surface area contributed by atoms with Gasteiger partial charge in [0.1, 0.15) is 12.1 Å². The normalized spacial score (nSPS) is 26.7. The number of alkyl halides is 1. The van der Waals surface area contributed by atoms with Crippen molar-refractivity contribution in [3.8, 4) is 0 Å². The van der Waals surface area contributed by atoms with E-state index in [0.29, 0.717) is 12.1 Å². The van der Waals surface area contributed by atoms with Crippen molar-refractivity contribution in [1.29, 1.82) is 0 Å². The summed E-state index contributed by atoms with van der Waals surface area (Å²) in [6.07, 6.45) is 3.56. The van der Waals surface area contributed by atoms with Gasteiger partial charge in [-0.15, -0.1) is 4.91 Å². The maximum absolute atomic E-state index is 13.5. The second-order valence-electron chi connectivity index (χ2n) is 9.63. The molecule has 0 aromatic carbocycles. The van der Waals surface area contributed by atoms with Gasteiger partial charge in [0, 0.05) is 52.4 Å². The number of amides is 2. The Kier molecular flexibility index (Phi) is 7.39. The second-order valence-corrected chi connectivity index (χ2v) is 9.63. The van der Waals surface area contributed by atoms with Crippen molar-refractivity contribution in [2.45, 2.75) is 44.2 Å². The lowest BCUT2D eigenvalue weighted by Crippen LogP contribution is -2.62. The summed E-state index contributed by atoms with van der Waals surface area (Å²) < 4.78 is 13.5. The number of halogens is 1. The Bertz CT molecular complexity index is 902. The molecule has 3 aliphatic rings. The van der Waals surface area contributed by atoms with Gasteiger partial charge in [-0.25, -0.2) is 4.39 Å². The van der Waals surface area contributed by atoms with Crippen LogP contribution in [0.2, 0.25) is 0 Å². The van der Waals surface area contributed by atoms with Crippen LogP contribution in [-0.2, 0) is 9.59 Å². The SMILES string of the molecule is CN1CC2(CCC1=O)CCN(c1ccncc1NC(=O)C(C(N)N=O)C1NCC(F)CN1)CC2. The van der Waals surface area contributed by atoms with Gasteiger partial charge in [0.05, 0.1) is 23.7 Å². The van der Waals surface area contributed by atoms with Crippen molar-refractivity contribution < 1.29 is 14.0 Å². The van der Waals surface area contributed by atoms with Crippen molar-refractivity contribution in [3.05, 3.63) is 23.4 Å². The van der Waals surface area contributed by atoms with E-state index in [1.807, 2.05) is 18.0 Å². The lowest BCUT2D eigenvalue weighted by atomic mass is 9.72. The largest absolute Gasteiger partial charge is 0.370 e. The number of nitrogens with zero attached hydrogens (tertiary/aromatic N) is 4. The molecule has 0 radical (unpaired) electrons. The number of hydrogen-bond donors (Lipinski definition) is 4. The predicted molar refractivity (Wildman–Crippen MR) is 126 cm³/mol. The van der Waals surface area contributed by atoms with Crippen molar-refractivity contribution in [3.63, 3.8) is 0 Å². The average molecular weight is 477 g/mol. The Balaban J connectivity index is 1.45. The zero-order chi connectivity index (χ0) is 24.3. The van der Waals surface area contributed by atoms with E-state index < -0.39 is 30.3 Å². The van der Waals surface area contributed by atoms with Crippen molar-refractivity contribution in [1.82, 2.24) is 20.5 Å². The van der Waals surface area contributed by atoms with Gasteiger partial charge >= 0.3 is 0 Å². The number of nitroso groups, excluding NO2 is 1. The van der Waals surface area contributed by atoms with Gasteiger partial charge in [0.15, 0.2) is 6.17 Å². The van der Waals surface area contributed by atoms with Crippen molar-refractivity contribution in [2.24, 2.45) is 22.2 Å². The molecule has 3 saturated heterocycles. The number of aromatic nitrogens is 1. The molecule has 4 rings (SSSR count). The smallest absolute Gasteiger partial charge is 0.234 e. The average Bonchev–Trinajstić information content (AvgIpc) is 2.84. The van der Waals surface area contributed by atoms with Gasteiger partial charge in [0.25, 0.3) is 0 Å². The molecule has 0 saturated carbocycles. The number of nitrogens with one attached hydrogen (secondary N) is 3. The molecule has 0 bridgehead atoms. The minimum absolute atomic E-state index is 0.0570. The molecule has 5 N–H and O–H groups in total. The zero-order valence-corrected chi connectivity index (χ0v) is 19.4. The fourth-order valence-corrected chi connectivity index (χ4v) is 5.32. The third-order valence-corrected chi connectivity index (χ3v) is 7.36. The van der Waals surface area contributed by atoms with Crippen LogP contribution in [0.25, 0.3) is 0 Å². The van der Waals surface area contributed by atoms with E-state index in [-0.39, 0.29) is 24.4 Å².